The van der Waals surface area contributed by atoms with Crippen LogP contribution in [0.25, 0.3) is 0 Å². The number of nitrogens with one attached hydrogen (secondary N) is 1. The van der Waals surface area contributed by atoms with Crippen LogP contribution in [0, 0.1) is 16.0 Å². The minimum absolute atomic E-state index is 0.0833. The average molecular weight is 316 g/mol. The first-order chi connectivity index (χ1) is 10.5. The smallest absolute Gasteiger partial charge is 0.387 e. The Balaban J connectivity index is 2.02. The molecule has 1 aliphatic carbocycles. The molecule has 6 nitrogen and oxygen atoms in total. The molecule has 0 spiro atoms. The summed E-state index contributed by atoms with van der Waals surface area (Å²) < 4.78 is 29.1. The predicted octanol–water partition coefficient (Wildman–Crippen LogP) is 2.45. The molecule has 22 heavy (non-hydrogen) atoms. The third kappa shape index (κ3) is 4.35. The highest BCUT2D eigenvalue weighted by Crippen LogP contribution is 2.27. The topological polar surface area (TPSA) is 84.6 Å². The zero-order valence-corrected chi connectivity index (χ0v) is 11.9. The van der Waals surface area contributed by atoms with Gasteiger partial charge in [0, 0.05) is 30.8 Å². The second-order valence-electron chi connectivity index (χ2n) is 5.32. The Morgan fingerprint density at radius 2 is 2.23 bits per heavy atom. The normalized spacial score (nSPS) is 21.3. The molecule has 2 atom stereocenters. The summed E-state index contributed by atoms with van der Waals surface area (Å²) >= 11 is 0. The van der Waals surface area contributed by atoms with Crippen molar-refractivity contribution in [1.82, 2.24) is 5.32 Å². The molecule has 1 saturated carbocycles. The molecule has 1 aromatic carbocycles. The molecule has 0 aromatic heterocycles. The maximum Gasteiger partial charge on any atom is 0.387 e. The number of aliphatic hydroxyl groups excluding tert-OH is 1. The van der Waals surface area contributed by atoms with E-state index >= 15 is 0 Å². The average Bonchev–Trinajstić information content (AvgIpc) is 2.85. The van der Waals surface area contributed by atoms with Gasteiger partial charge in [-0.3, -0.25) is 10.1 Å². The van der Waals surface area contributed by atoms with E-state index in [1.807, 2.05) is 0 Å². The van der Waals surface area contributed by atoms with Crippen molar-refractivity contribution in [3.05, 3.63) is 33.9 Å². The van der Waals surface area contributed by atoms with E-state index in [0.717, 1.165) is 25.3 Å². The summed E-state index contributed by atoms with van der Waals surface area (Å²) in [5, 5.41) is 23.5. The van der Waals surface area contributed by atoms with Crippen LogP contribution in [0.4, 0.5) is 14.5 Å². The standard InChI is InChI=1S/C14H18F2N2O4/c15-14(16)22-13-5-4-11(18(20)21)6-10(13)8-17-7-9-2-1-3-12(9)19/h4-6,9,12,14,17,19H,1-3,7-8H2. The number of nitrogens with zero attached hydrogens (tertiary/aromatic N) is 1. The fraction of sp³-hybridized carbons (Fsp3) is 0.571. The van der Waals surface area contributed by atoms with Gasteiger partial charge in [-0.2, -0.15) is 8.78 Å². The Bertz CT molecular complexity index is 528. The molecule has 1 fully saturated rings. The Morgan fingerprint density at radius 3 is 2.82 bits per heavy atom. The fourth-order valence-corrected chi connectivity index (χ4v) is 2.68. The van der Waals surface area contributed by atoms with Crippen molar-refractivity contribution in [2.75, 3.05) is 6.54 Å². The molecular weight excluding hydrogens is 298 g/mol. The first kappa shape index (κ1) is 16.6. The molecule has 0 bridgehead atoms. The van der Waals surface area contributed by atoms with Crippen molar-refractivity contribution in [3.63, 3.8) is 0 Å². The van der Waals surface area contributed by atoms with Crippen molar-refractivity contribution in [1.29, 1.82) is 0 Å². The number of alkyl halides is 2. The van der Waals surface area contributed by atoms with Gasteiger partial charge in [-0.05, 0) is 24.8 Å². The van der Waals surface area contributed by atoms with Crippen LogP contribution >= 0.6 is 0 Å². The molecule has 122 valence electrons. The third-order valence-corrected chi connectivity index (χ3v) is 3.81. The van der Waals surface area contributed by atoms with Gasteiger partial charge in [-0.1, -0.05) is 6.42 Å². The summed E-state index contributed by atoms with van der Waals surface area (Å²) in [6, 6.07) is 3.52. The molecule has 2 unspecified atom stereocenters. The number of benzene rings is 1. The van der Waals surface area contributed by atoms with Gasteiger partial charge in [0.25, 0.3) is 5.69 Å². The van der Waals surface area contributed by atoms with Gasteiger partial charge in [0.2, 0.25) is 0 Å². The van der Waals surface area contributed by atoms with Crippen molar-refractivity contribution in [3.8, 4) is 5.75 Å². The minimum Gasteiger partial charge on any atom is -0.434 e. The minimum atomic E-state index is -2.99. The molecule has 0 radical (unpaired) electrons. The van der Waals surface area contributed by atoms with Crippen LogP contribution in [0.2, 0.25) is 0 Å². The van der Waals surface area contributed by atoms with E-state index in [1.165, 1.54) is 12.1 Å². The Kier molecular flexibility index (Phi) is 5.62. The van der Waals surface area contributed by atoms with Crippen LogP contribution in [0.3, 0.4) is 0 Å². The number of rotatable bonds is 7. The van der Waals surface area contributed by atoms with Crippen LogP contribution < -0.4 is 10.1 Å². The van der Waals surface area contributed by atoms with Crippen LogP contribution in [-0.2, 0) is 6.54 Å². The van der Waals surface area contributed by atoms with E-state index in [-0.39, 0.29) is 30.0 Å². The lowest BCUT2D eigenvalue weighted by molar-refractivity contribution is -0.385. The SMILES string of the molecule is O=[N+]([O-])c1ccc(OC(F)F)c(CNCC2CCCC2O)c1. The van der Waals surface area contributed by atoms with E-state index in [2.05, 4.69) is 10.1 Å². The molecule has 0 saturated heterocycles. The van der Waals surface area contributed by atoms with Crippen molar-refractivity contribution in [2.24, 2.45) is 5.92 Å². The number of nitro groups is 1. The molecule has 0 heterocycles. The number of nitro benzene ring substituents is 1. The number of non-ortho nitro benzene ring substituents is 1. The van der Waals surface area contributed by atoms with Crippen molar-refractivity contribution >= 4 is 5.69 Å². The molecule has 1 aromatic rings. The molecule has 2 N–H and O–H groups in total. The lowest BCUT2D eigenvalue weighted by atomic mass is 10.1. The van der Waals surface area contributed by atoms with Crippen LogP contribution in [0.1, 0.15) is 24.8 Å². The molecule has 1 aliphatic rings. The maximum atomic E-state index is 12.4. The van der Waals surface area contributed by atoms with Crippen molar-refractivity contribution in [2.45, 2.75) is 38.5 Å². The second kappa shape index (κ2) is 7.46. The maximum absolute atomic E-state index is 12.4. The summed E-state index contributed by atoms with van der Waals surface area (Å²) in [6.07, 6.45) is 2.28. The molecular formula is C14H18F2N2O4. The fourth-order valence-electron chi connectivity index (χ4n) is 2.68. The quantitative estimate of drug-likeness (QED) is 0.596. The van der Waals surface area contributed by atoms with Gasteiger partial charge in [0.15, 0.2) is 0 Å². The number of hydrogen-bond donors (Lipinski definition) is 2. The molecule has 2 rings (SSSR count). The summed E-state index contributed by atoms with van der Waals surface area (Å²) in [6.45, 7) is -2.30. The van der Waals surface area contributed by atoms with Crippen LogP contribution in [0.5, 0.6) is 5.75 Å². The van der Waals surface area contributed by atoms with E-state index in [9.17, 15) is 24.0 Å². The van der Waals surface area contributed by atoms with E-state index < -0.39 is 11.5 Å². The molecule has 0 aliphatic heterocycles. The Morgan fingerprint density at radius 1 is 1.45 bits per heavy atom. The van der Waals surface area contributed by atoms with Gasteiger partial charge in [-0.25, -0.2) is 0 Å². The number of hydrogen-bond acceptors (Lipinski definition) is 5. The highest BCUT2D eigenvalue weighted by Gasteiger charge is 2.24. The largest absolute Gasteiger partial charge is 0.434 e. The predicted molar refractivity (Wildman–Crippen MR) is 74.8 cm³/mol. The zero-order valence-electron chi connectivity index (χ0n) is 11.9. The van der Waals surface area contributed by atoms with Gasteiger partial charge < -0.3 is 15.2 Å². The van der Waals surface area contributed by atoms with E-state index in [0.29, 0.717) is 12.1 Å². The van der Waals surface area contributed by atoms with Crippen LogP contribution in [0.15, 0.2) is 18.2 Å². The van der Waals surface area contributed by atoms with Gasteiger partial charge >= 0.3 is 6.61 Å². The van der Waals surface area contributed by atoms with Gasteiger partial charge in [0.05, 0.1) is 11.0 Å². The second-order valence-corrected chi connectivity index (χ2v) is 5.32. The number of aliphatic hydroxyl groups is 1. The summed E-state index contributed by atoms with van der Waals surface area (Å²) in [7, 11) is 0. The molecule has 8 heteroatoms. The number of ether oxygens (including phenoxy) is 1. The molecule has 0 amide bonds. The Hall–Kier alpha value is -1.80. The summed E-state index contributed by atoms with van der Waals surface area (Å²) in [5.41, 5.74) is 0.112. The van der Waals surface area contributed by atoms with E-state index in [1.54, 1.807) is 0 Å². The lowest BCUT2D eigenvalue weighted by Crippen LogP contribution is -2.27. The third-order valence-electron chi connectivity index (χ3n) is 3.81. The zero-order chi connectivity index (χ0) is 16.1. The highest BCUT2D eigenvalue weighted by atomic mass is 19.3. The summed E-state index contributed by atoms with van der Waals surface area (Å²) in [4.78, 5) is 10.2. The first-order valence-corrected chi connectivity index (χ1v) is 7.08. The lowest BCUT2D eigenvalue weighted by Gasteiger charge is -2.16. The highest BCUT2D eigenvalue weighted by molar-refractivity contribution is 5.43. The van der Waals surface area contributed by atoms with Crippen molar-refractivity contribution < 1.29 is 23.5 Å². The van der Waals surface area contributed by atoms with Crippen LogP contribution in [-0.4, -0.2) is 29.3 Å². The number of halogens is 2. The van der Waals surface area contributed by atoms with Gasteiger partial charge in [-0.15, -0.1) is 0 Å². The monoisotopic (exact) mass is 316 g/mol. The van der Waals surface area contributed by atoms with Gasteiger partial charge in [0.1, 0.15) is 5.75 Å². The summed E-state index contributed by atoms with van der Waals surface area (Å²) in [5.74, 6) is 0.0400. The first-order valence-electron chi connectivity index (χ1n) is 7.08. The Labute approximate surface area is 126 Å². The van der Waals surface area contributed by atoms with E-state index in [4.69, 9.17) is 0 Å².